The van der Waals surface area contributed by atoms with Gasteiger partial charge in [0.05, 0.1) is 31.0 Å². The third-order valence-electron chi connectivity index (χ3n) is 5.05. The van der Waals surface area contributed by atoms with Gasteiger partial charge in [-0.25, -0.2) is 4.79 Å². The van der Waals surface area contributed by atoms with E-state index >= 15 is 0 Å². The van der Waals surface area contributed by atoms with E-state index in [0.717, 1.165) is 0 Å². The van der Waals surface area contributed by atoms with Gasteiger partial charge in [0, 0.05) is 23.2 Å². The minimum atomic E-state index is -1.55. The molecule has 39 heavy (non-hydrogen) atoms. The summed E-state index contributed by atoms with van der Waals surface area (Å²) in [5.74, 6) is -1.53. The van der Waals surface area contributed by atoms with Gasteiger partial charge in [-0.2, -0.15) is 0 Å². The molecule has 0 saturated heterocycles. The number of amides is 2. The zero-order valence-corrected chi connectivity index (χ0v) is 28.3. The molecule has 0 saturated carbocycles. The van der Waals surface area contributed by atoms with Crippen LogP contribution in [0.4, 0.5) is 0 Å². The van der Waals surface area contributed by atoms with Gasteiger partial charge in [-0.05, 0) is 95.1 Å². The van der Waals surface area contributed by atoms with Crippen molar-refractivity contribution in [2.45, 2.75) is 57.7 Å². The van der Waals surface area contributed by atoms with Crippen LogP contribution >= 0.6 is 67.8 Å². The number of aliphatic hydroxyl groups excluding tert-OH is 5. The van der Waals surface area contributed by atoms with Crippen molar-refractivity contribution in [1.82, 2.24) is 16.0 Å². The topological polar surface area (TPSA) is 218 Å². The van der Waals surface area contributed by atoms with Crippen LogP contribution in [0.1, 0.15) is 47.9 Å². The fraction of sp³-hybridized carbons (Fsp3) is 0.609. The summed E-state index contributed by atoms with van der Waals surface area (Å²) >= 11 is 5.90. The van der Waals surface area contributed by atoms with Crippen molar-refractivity contribution >= 4 is 85.6 Å². The normalized spacial score (nSPS) is 14.7. The standard InChI is InChI=1S/C16H19I3N2O5.C7H17NO5/c1-4-7(16(24)25)26-13-11(18)8(14(22)20-5-2)10(17)9(12(13)19)15(23)21-6-3;1-8-2-4(10)6(12)7(13)5(11)3-9/h7H,4-6H2,1-3H3,(H,20,22)(H,21,23)(H,24,25);4-13H,2-3H2,1H3/t;4-,5+,6+,7+/m.0/s1. The average Bonchev–Trinajstić information content (AvgIpc) is 2.88. The van der Waals surface area contributed by atoms with Gasteiger partial charge in [0.1, 0.15) is 24.1 Å². The van der Waals surface area contributed by atoms with Gasteiger partial charge in [-0.1, -0.05) is 6.92 Å². The van der Waals surface area contributed by atoms with Crippen molar-refractivity contribution in [3.05, 3.63) is 21.8 Å². The predicted molar refractivity (Wildman–Crippen MR) is 168 cm³/mol. The summed E-state index contributed by atoms with van der Waals surface area (Å²) in [7, 11) is 1.57. The third kappa shape index (κ3) is 11.3. The first-order valence-corrected chi connectivity index (χ1v) is 15.1. The molecule has 0 aliphatic carbocycles. The molecular weight excluding hydrogens is 859 g/mol. The largest absolute Gasteiger partial charge is 0.479 e. The molecule has 0 bridgehead atoms. The van der Waals surface area contributed by atoms with Crippen LogP contribution in [-0.2, 0) is 4.79 Å². The Balaban J connectivity index is 0.000000935. The molecule has 13 nitrogen and oxygen atoms in total. The molecule has 16 heteroatoms. The number of hydrogen-bond acceptors (Lipinski definition) is 10. The molecule has 0 aromatic heterocycles. The van der Waals surface area contributed by atoms with Crippen LogP contribution < -0.4 is 20.7 Å². The van der Waals surface area contributed by atoms with E-state index < -0.39 is 43.1 Å². The summed E-state index contributed by atoms with van der Waals surface area (Å²) in [5.41, 5.74) is 0.620. The fourth-order valence-corrected chi connectivity index (χ4v) is 7.39. The number of aliphatic carboxylic acids is 1. The maximum atomic E-state index is 12.5. The lowest BCUT2D eigenvalue weighted by atomic mass is 10.0. The van der Waals surface area contributed by atoms with Crippen molar-refractivity contribution < 1.29 is 49.8 Å². The molecular formula is C23H36I3N3O10. The lowest BCUT2D eigenvalue weighted by Crippen LogP contribution is -2.48. The number of hydrogen-bond donors (Lipinski definition) is 9. The lowest BCUT2D eigenvalue weighted by molar-refractivity contribution is -0.145. The summed E-state index contributed by atoms with van der Waals surface area (Å²) in [4.78, 5) is 36.5. The quantitative estimate of drug-likeness (QED) is 0.112. The summed E-state index contributed by atoms with van der Waals surface area (Å²) < 4.78 is 7.17. The summed E-state index contributed by atoms with van der Waals surface area (Å²) in [5, 5.41) is 62.2. The Bertz CT molecular complexity index is 925. The Morgan fingerprint density at radius 2 is 1.26 bits per heavy atom. The van der Waals surface area contributed by atoms with E-state index in [2.05, 4.69) is 16.0 Å². The van der Waals surface area contributed by atoms with E-state index in [-0.39, 0.29) is 30.5 Å². The third-order valence-corrected chi connectivity index (χ3v) is 8.19. The maximum absolute atomic E-state index is 12.5. The first-order chi connectivity index (χ1) is 18.2. The van der Waals surface area contributed by atoms with Crippen LogP contribution in [0.15, 0.2) is 0 Å². The van der Waals surface area contributed by atoms with Crippen molar-refractivity contribution in [3.63, 3.8) is 0 Å². The van der Waals surface area contributed by atoms with E-state index in [9.17, 15) is 24.6 Å². The highest BCUT2D eigenvalue weighted by atomic mass is 127. The molecule has 224 valence electrons. The number of aliphatic hydroxyl groups is 5. The zero-order chi connectivity index (χ0) is 30.4. The molecule has 0 aliphatic rings. The van der Waals surface area contributed by atoms with Gasteiger partial charge in [-0.3, -0.25) is 9.59 Å². The Morgan fingerprint density at radius 1 is 0.821 bits per heavy atom. The summed E-state index contributed by atoms with van der Waals surface area (Å²) in [6.45, 7) is 5.57. The number of ether oxygens (including phenoxy) is 1. The molecule has 2 amide bonds. The molecule has 9 N–H and O–H groups in total. The van der Waals surface area contributed by atoms with E-state index in [4.69, 9.17) is 25.2 Å². The SMILES string of the molecule is CCNC(=O)c1c(I)c(OC(CC)C(=O)O)c(I)c(C(=O)NCC)c1I.CNC[C@H](O)[C@@H](O)[C@H](O)[C@H](O)CO. The number of nitrogens with one attached hydrogen (secondary N) is 3. The van der Waals surface area contributed by atoms with Crippen LogP contribution in [0.3, 0.4) is 0 Å². The number of carbonyl (C=O) groups is 3. The smallest absolute Gasteiger partial charge is 0.344 e. The molecule has 0 radical (unpaired) electrons. The molecule has 0 aliphatic heterocycles. The van der Waals surface area contributed by atoms with Gasteiger partial charge in [0.25, 0.3) is 11.8 Å². The van der Waals surface area contributed by atoms with Crippen LogP contribution in [0, 0.1) is 10.7 Å². The van der Waals surface area contributed by atoms with E-state index in [1.165, 1.54) is 0 Å². The summed E-state index contributed by atoms with van der Waals surface area (Å²) in [6, 6.07) is 0. The Kier molecular flexibility index (Phi) is 19.2. The van der Waals surface area contributed by atoms with Crippen LogP contribution in [0.25, 0.3) is 0 Å². The number of benzene rings is 1. The van der Waals surface area contributed by atoms with Gasteiger partial charge in [0.15, 0.2) is 6.10 Å². The van der Waals surface area contributed by atoms with Gasteiger partial charge < -0.3 is 51.3 Å². The van der Waals surface area contributed by atoms with Gasteiger partial charge >= 0.3 is 5.97 Å². The van der Waals surface area contributed by atoms with E-state index in [0.29, 0.717) is 34.9 Å². The molecule has 1 rings (SSSR count). The van der Waals surface area contributed by atoms with Gasteiger partial charge in [-0.15, -0.1) is 0 Å². The number of carboxylic acid groups (broad SMARTS) is 1. The predicted octanol–water partition coefficient (Wildman–Crippen LogP) is -0.116. The van der Waals surface area contributed by atoms with Crippen molar-refractivity contribution in [2.75, 3.05) is 33.3 Å². The van der Waals surface area contributed by atoms with Crippen LogP contribution in [-0.4, -0.2) is 112 Å². The van der Waals surface area contributed by atoms with Crippen LogP contribution in [0.2, 0.25) is 0 Å². The average molecular weight is 895 g/mol. The molecule has 1 aromatic carbocycles. The minimum absolute atomic E-state index is 0.0936. The fourth-order valence-electron chi connectivity index (χ4n) is 2.98. The minimum Gasteiger partial charge on any atom is -0.479 e. The van der Waals surface area contributed by atoms with E-state index in [1.54, 1.807) is 27.8 Å². The second kappa shape index (κ2) is 19.5. The number of halogens is 3. The van der Waals surface area contributed by atoms with Crippen molar-refractivity contribution in [3.8, 4) is 5.75 Å². The second-order valence-electron chi connectivity index (χ2n) is 7.95. The number of likely N-dealkylation sites (N-methyl/N-ethyl adjacent to an activating group) is 1. The Morgan fingerprint density at radius 3 is 1.59 bits per heavy atom. The number of rotatable bonds is 14. The maximum Gasteiger partial charge on any atom is 0.344 e. The first-order valence-electron chi connectivity index (χ1n) is 11.9. The number of carboxylic acids is 1. The highest BCUT2D eigenvalue weighted by molar-refractivity contribution is 14.1. The Labute approximate surface area is 267 Å². The zero-order valence-electron chi connectivity index (χ0n) is 21.9. The molecule has 0 fully saturated rings. The highest BCUT2D eigenvalue weighted by Crippen LogP contribution is 2.38. The lowest BCUT2D eigenvalue weighted by Gasteiger charge is -2.25. The van der Waals surface area contributed by atoms with Crippen molar-refractivity contribution in [1.29, 1.82) is 0 Å². The summed E-state index contributed by atoms with van der Waals surface area (Å²) in [6.07, 6.45) is -6.47. The first kappa shape index (κ1) is 38.4. The molecule has 0 heterocycles. The van der Waals surface area contributed by atoms with E-state index in [1.807, 2.05) is 67.8 Å². The van der Waals surface area contributed by atoms with Crippen molar-refractivity contribution in [2.24, 2.45) is 0 Å². The molecule has 5 atom stereocenters. The molecule has 1 aromatic rings. The highest BCUT2D eigenvalue weighted by Gasteiger charge is 2.31. The van der Waals surface area contributed by atoms with Crippen LogP contribution in [0.5, 0.6) is 5.75 Å². The van der Waals surface area contributed by atoms with Gasteiger partial charge in [0.2, 0.25) is 0 Å². The Hall–Kier alpha value is -0.620. The monoisotopic (exact) mass is 895 g/mol. The molecule has 1 unspecified atom stereocenters. The number of carbonyl (C=O) groups excluding carboxylic acids is 2. The molecule has 0 spiro atoms. The second-order valence-corrected chi connectivity index (χ2v) is 11.2.